The van der Waals surface area contributed by atoms with Crippen molar-refractivity contribution in [3.8, 4) is 0 Å². The lowest BCUT2D eigenvalue weighted by molar-refractivity contribution is 0.0521. The summed E-state index contributed by atoms with van der Waals surface area (Å²) in [5.74, 6) is 0. The second kappa shape index (κ2) is 4.20. The SMILES string of the molecule is CCc1nc(C2(N)CCOCC2)sc1C. The van der Waals surface area contributed by atoms with Crippen molar-refractivity contribution in [1.29, 1.82) is 0 Å². The highest BCUT2D eigenvalue weighted by Crippen LogP contribution is 2.33. The molecule has 0 amide bonds. The van der Waals surface area contributed by atoms with Crippen molar-refractivity contribution in [2.75, 3.05) is 13.2 Å². The predicted octanol–water partition coefficient (Wildman–Crippen LogP) is 1.98. The Hall–Kier alpha value is -0.450. The molecule has 84 valence electrons. The Morgan fingerprint density at radius 1 is 1.47 bits per heavy atom. The molecule has 3 nitrogen and oxygen atoms in total. The number of aromatic nitrogens is 1. The van der Waals surface area contributed by atoms with E-state index in [1.165, 1.54) is 10.6 Å². The lowest BCUT2D eigenvalue weighted by Crippen LogP contribution is -2.42. The molecule has 1 fully saturated rings. The van der Waals surface area contributed by atoms with Gasteiger partial charge in [-0.15, -0.1) is 11.3 Å². The molecule has 0 bridgehead atoms. The third-order valence-corrected chi connectivity index (χ3v) is 4.27. The third-order valence-electron chi connectivity index (χ3n) is 3.04. The van der Waals surface area contributed by atoms with E-state index in [1.54, 1.807) is 11.3 Å². The van der Waals surface area contributed by atoms with Crippen LogP contribution in [0.25, 0.3) is 0 Å². The smallest absolute Gasteiger partial charge is 0.113 e. The van der Waals surface area contributed by atoms with Crippen molar-refractivity contribution in [3.63, 3.8) is 0 Å². The van der Waals surface area contributed by atoms with Gasteiger partial charge in [0, 0.05) is 18.1 Å². The first-order chi connectivity index (χ1) is 7.15. The van der Waals surface area contributed by atoms with E-state index >= 15 is 0 Å². The molecule has 0 atom stereocenters. The molecule has 0 spiro atoms. The van der Waals surface area contributed by atoms with E-state index in [0.717, 1.165) is 37.5 Å². The lowest BCUT2D eigenvalue weighted by Gasteiger charge is -2.31. The summed E-state index contributed by atoms with van der Waals surface area (Å²) in [5.41, 5.74) is 7.35. The van der Waals surface area contributed by atoms with Gasteiger partial charge >= 0.3 is 0 Å². The number of ether oxygens (including phenoxy) is 1. The van der Waals surface area contributed by atoms with Crippen LogP contribution in [0.15, 0.2) is 0 Å². The molecule has 1 saturated heterocycles. The summed E-state index contributed by atoms with van der Waals surface area (Å²) < 4.78 is 5.35. The van der Waals surface area contributed by atoms with Gasteiger partial charge in [0.25, 0.3) is 0 Å². The fourth-order valence-electron chi connectivity index (χ4n) is 1.92. The van der Waals surface area contributed by atoms with Crippen LogP contribution in [0, 0.1) is 6.92 Å². The van der Waals surface area contributed by atoms with Crippen molar-refractivity contribution in [1.82, 2.24) is 4.98 Å². The molecule has 0 unspecified atom stereocenters. The monoisotopic (exact) mass is 226 g/mol. The normalized spacial score (nSPS) is 20.5. The van der Waals surface area contributed by atoms with Gasteiger partial charge in [-0.1, -0.05) is 6.92 Å². The molecule has 15 heavy (non-hydrogen) atoms. The molecule has 1 aromatic rings. The third kappa shape index (κ3) is 2.07. The lowest BCUT2D eigenvalue weighted by atomic mass is 9.92. The molecule has 2 N–H and O–H groups in total. The van der Waals surface area contributed by atoms with Crippen LogP contribution in [0.3, 0.4) is 0 Å². The van der Waals surface area contributed by atoms with Gasteiger partial charge in [-0.25, -0.2) is 4.98 Å². The number of nitrogens with zero attached hydrogens (tertiary/aromatic N) is 1. The average Bonchev–Trinajstić information content (AvgIpc) is 2.61. The number of aryl methyl sites for hydroxylation is 2. The zero-order valence-electron chi connectivity index (χ0n) is 9.38. The van der Waals surface area contributed by atoms with Crippen LogP contribution in [0.4, 0.5) is 0 Å². The van der Waals surface area contributed by atoms with Crippen molar-refractivity contribution in [2.24, 2.45) is 5.73 Å². The van der Waals surface area contributed by atoms with Crippen LogP contribution >= 0.6 is 11.3 Å². The highest BCUT2D eigenvalue weighted by Gasteiger charge is 2.33. The van der Waals surface area contributed by atoms with Crippen molar-refractivity contribution in [3.05, 3.63) is 15.6 Å². The quantitative estimate of drug-likeness (QED) is 0.839. The Bertz CT molecular complexity index is 342. The van der Waals surface area contributed by atoms with E-state index in [9.17, 15) is 0 Å². The van der Waals surface area contributed by atoms with Gasteiger partial charge < -0.3 is 10.5 Å². The van der Waals surface area contributed by atoms with Gasteiger partial charge in [0.1, 0.15) is 5.01 Å². The Morgan fingerprint density at radius 3 is 2.67 bits per heavy atom. The first-order valence-corrected chi connectivity index (χ1v) is 6.31. The van der Waals surface area contributed by atoms with Crippen LogP contribution in [0.1, 0.15) is 35.3 Å². The molecule has 0 aromatic carbocycles. The number of hydrogen-bond donors (Lipinski definition) is 1. The highest BCUT2D eigenvalue weighted by atomic mass is 32.1. The van der Waals surface area contributed by atoms with Gasteiger partial charge in [-0.05, 0) is 26.2 Å². The molecule has 0 aliphatic carbocycles. The second-order valence-corrected chi connectivity index (χ2v) is 5.35. The van der Waals surface area contributed by atoms with E-state index in [4.69, 9.17) is 10.5 Å². The summed E-state index contributed by atoms with van der Waals surface area (Å²) in [6.45, 7) is 5.79. The molecule has 0 radical (unpaired) electrons. The van der Waals surface area contributed by atoms with Crippen LogP contribution in [0.2, 0.25) is 0 Å². The van der Waals surface area contributed by atoms with E-state index < -0.39 is 0 Å². The van der Waals surface area contributed by atoms with Gasteiger partial charge in [-0.2, -0.15) is 0 Å². The molecule has 2 heterocycles. The van der Waals surface area contributed by atoms with Crippen LogP contribution in [-0.2, 0) is 16.7 Å². The molecule has 1 aromatic heterocycles. The summed E-state index contributed by atoms with van der Waals surface area (Å²) in [6.07, 6.45) is 2.78. The van der Waals surface area contributed by atoms with Gasteiger partial charge in [-0.3, -0.25) is 0 Å². The van der Waals surface area contributed by atoms with Crippen molar-refractivity contribution < 1.29 is 4.74 Å². The van der Waals surface area contributed by atoms with Crippen LogP contribution < -0.4 is 5.73 Å². The molecule has 0 saturated carbocycles. The summed E-state index contributed by atoms with van der Waals surface area (Å²) in [4.78, 5) is 5.97. The zero-order valence-corrected chi connectivity index (χ0v) is 10.2. The summed E-state index contributed by atoms with van der Waals surface area (Å²) >= 11 is 1.75. The Kier molecular flexibility index (Phi) is 3.09. The minimum absolute atomic E-state index is 0.235. The van der Waals surface area contributed by atoms with Gasteiger partial charge in [0.15, 0.2) is 0 Å². The molecule has 4 heteroatoms. The fraction of sp³-hybridized carbons (Fsp3) is 0.727. The summed E-state index contributed by atoms with van der Waals surface area (Å²) in [6, 6.07) is 0. The maximum absolute atomic E-state index is 6.39. The minimum atomic E-state index is -0.235. The first kappa shape index (κ1) is 11.0. The number of hydrogen-bond acceptors (Lipinski definition) is 4. The number of rotatable bonds is 2. The summed E-state index contributed by atoms with van der Waals surface area (Å²) in [7, 11) is 0. The van der Waals surface area contributed by atoms with Crippen molar-refractivity contribution in [2.45, 2.75) is 38.6 Å². The summed E-state index contributed by atoms with van der Waals surface area (Å²) in [5, 5.41) is 1.10. The van der Waals surface area contributed by atoms with E-state index in [2.05, 4.69) is 18.8 Å². The Balaban J connectivity index is 2.27. The first-order valence-electron chi connectivity index (χ1n) is 5.49. The van der Waals surface area contributed by atoms with E-state index in [0.29, 0.717) is 0 Å². The standard InChI is InChI=1S/C11H18N2OS/c1-3-9-8(2)15-10(13-9)11(12)4-6-14-7-5-11/h3-7,12H2,1-2H3. The number of nitrogens with two attached hydrogens (primary N) is 1. The molecule has 1 aliphatic heterocycles. The largest absolute Gasteiger partial charge is 0.381 e. The average molecular weight is 226 g/mol. The maximum Gasteiger partial charge on any atom is 0.113 e. The maximum atomic E-state index is 6.39. The van der Waals surface area contributed by atoms with E-state index in [-0.39, 0.29) is 5.54 Å². The Labute approximate surface area is 94.7 Å². The highest BCUT2D eigenvalue weighted by molar-refractivity contribution is 7.11. The topological polar surface area (TPSA) is 48.1 Å². The molecular formula is C11H18N2OS. The van der Waals surface area contributed by atoms with Gasteiger partial charge in [0.05, 0.1) is 11.2 Å². The predicted molar refractivity (Wildman–Crippen MR) is 62.1 cm³/mol. The van der Waals surface area contributed by atoms with E-state index in [1.807, 2.05) is 0 Å². The Morgan fingerprint density at radius 2 is 2.13 bits per heavy atom. The number of thiazole rings is 1. The second-order valence-electron chi connectivity index (χ2n) is 4.14. The van der Waals surface area contributed by atoms with Crippen LogP contribution in [-0.4, -0.2) is 18.2 Å². The molecule has 1 aliphatic rings. The van der Waals surface area contributed by atoms with Crippen molar-refractivity contribution >= 4 is 11.3 Å². The minimum Gasteiger partial charge on any atom is -0.381 e. The zero-order chi connectivity index (χ0) is 10.9. The molecular weight excluding hydrogens is 208 g/mol. The fourth-order valence-corrected chi connectivity index (χ4v) is 3.08. The van der Waals surface area contributed by atoms with Gasteiger partial charge in [0.2, 0.25) is 0 Å². The van der Waals surface area contributed by atoms with Crippen LogP contribution in [0.5, 0.6) is 0 Å². The molecule has 2 rings (SSSR count).